The van der Waals surface area contributed by atoms with Crippen LogP contribution in [-0.2, 0) is 6.54 Å². The highest BCUT2D eigenvalue weighted by molar-refractivity contribution is 7.71. The van der Waals surface area contributed by atoms with Gasteiger partial charge in [-0.1, -0.05) is 18.2 Å². The van der Waals surface area contributed by atoms with E-state index in [-0.39, 0.29) is 5.78 Å². The van der Waals surface area contributed by atoms with Crippen molar-refractivity contribution in [3.63, 3.8) is 0 Å². The fraction of sp³-hybridized carbons (Fsp3) is 0.238. The molecule has 0 fully saturated rings. The normalized spacial score (nSPS) is 11.1. The molecular formula is C21H21N5O3S. The van der Waals surface area contributed by atoms with Crippen molar-refractivity contribution in [3.8, 4) is 11.5 Å². The Morgan fingerprint density at radius 3 is 2.67 bits per heavy atom. The SMILES string of the molecule is COc1cc2nc(=S)n(CCCC(=O)c3n[nH]c4ccccc34)c(N)c2cc1OC. The van der Waals surface area contributed by atoms with Gasteiger partial charge in [0.2, 0.25) is 4.77 Å². The minimum absolute atomic E-state index is 0.0299. The summed E-state index contributed by atoms with van der Waals surface area (Å²) >= 11 is 5.43. The number of methoxy groups -OCH3 is 2. The molecule has 2 aromatic heterocycles. The second kappa shape index (κ2) is 8.11. The van der Waals surface area contributed by atoms with E-state index in [4.69, 9.17) is 27.4 Å². The van der Waals surface area contributed by atoms with Crippen molar-refractivity contribution < 1.29 is 14.3 Å². The number of hydrogen-bond donors (Lipinski definition) is 2. The van der Waals surface area contributed by atoms with E-state index < -0.39 is 0 Å². The largest absolute Gasteiger partial charge is 0.493 e. The zero-order valence-corrected chi connectivity index (χ0v) is 17.5. The van der Waals surface area contributed by atoms with E-state index in [1.165, 1.54) is 0 Å². The molecule has 4 rings (SSSR count). The number of nitrogen functional groups attached to an aromatic ring is 1. The molecule has 0 atom stereocenters. The molecule has 0 saturated carbocycles. The molecular weight excluding hydrogens is 402 g/mol. The number of carbonyl (C=O) groups is 1. The van der Waals surface area contributed by atoms with Gasteiger partial charge in [-0.25, -0.2) is 4.98 Å². The third-order valence-electron chi connectivity index (χ3n) is 5.04. The number of carbonyl (C=O) groups excluding carboxylic acids is 1. The summed E-state index contributed by atoms with van der Waals surface area (Å²) in [4.78, 5) is 17.1. The quantitative estimate of drug-likeness (QED) is 0.343. The Balaban J connectivity index is 1.56. The number of nitrogens with one attached hydrogen (secondary N) is 1. The van der Waals surface area contributed by atoms with Crippen LogP contribution >= 0.6 is 12.2 Å². The molecule has 30 heavy (non-hydrogen) atoms. The molecule has 0 bridgehead atoms. The van der Waals surface area contributed by atoms with Gasteiger partial charge < -0.3 is 19.8 Å². The second-order valence-corrected chi connectivity index (χ2v) is 7.17. The van der Waals surface area contributed by atoms with Gasteiger partial charge in [0.05, 0.1) is 25.3 Å². The van der Waals surface area contributed by atoms with E-state index in [0.717, 1.165) is 10.9 Å². The molecule has 0 saturated heterocycles. The maximum absolute atomic E-state index is 12.7. The molecule has 0 spiro atoms. The summed E-state index contributed by atoms with van der Waals surface area (Å²) in [5.74, 6) is 1.56. The molecule has 3 N–H and O–H groups in total. The summed E-state index contributed by atoms with van der Waals surface area (Å²) in [6, 6.07) is 11.1. The van der Waals surface area contributed by atoms with Gasteiger partial charge in [-0.15, -0.1) is 0 Å². The summed E-state index contributed by atoms with van der Waals surface area (Å²) in [7, 11) is 3.12. The van der Waals surface area contributed by atoms with Crippen LogP contribution in [0.4, 0.5) is 5.82 Å². The van der Waals surface area contributed by atoms with Gasteiger partial charge in [-0.3, -0.25) is 9.89 Å². The van der Waals surface area contributed by atoms with E-state index in [1.807, 2.05) is 24.3 Å². The van der Waals surface area contributed by atoms with Gasteiger partial charge in [0.25, 0.3) is 0 Å². The molecule has 0 radical (unpaired) electrons. The van der Waals surface area contributed by atoms with E-state index in [2.05, 4.69) is 15.2 Å². The molecule has 0 unspecified atom stereocenters. The first-order valence-electron chi connectivity index (χ1n) is 9.42. The highest BCUT2D eigenvalue weighted by Gasteiger charge is 2.15. The summed E-state index contributed by atoms with van der Waals surface area (Å²) in [6.07, 6.45) is 0.874. The monoisotopic (exact) mass is 423 g/mol. The van der Waals surface area contributed by atoms with E-state index in [1.54, 1.807) is 30.9 Å². The van der Waals surface area contributed by atoms with Crippen LogP contribution in [0.2, 0.25) is 0 Å². The van der Waals surface area contributed by atoms with Gasteiger partial charge in [0, 0.05) is 29.8 Å². The number of H-pyrrole nitrogens is 1. The van der Waals surface area contributed by atoms with E-state index >= 15 is 0 Å². The molecule has 4 aromatic rings. The van der Waals surface area contributed by atoms with Crippen LogP contribution in [0.15, 0.2) is 36.4 Å². The number of ether oxygens (including phenoxy) is 2. The molecule has 0 aliphatic heterocycles. The van der Waals surface area contributed by atoms with Crippen molar-refractivity contribution >= 4 is 45.6 Å². The number of Topliss-reactive ketones (excluding diaryl/α,β-unsaturated/α-hetero) is 1. The van der Waals surface area contributed by atoms with Gasteiger partial charge in [-0.2, -0.15) is 5.10 Å². The van der Waals surface area contributed by atoms with Crippen molar-refractivity contribution in [3.05, 3.63) is 46.9 Å². The zero-order valence-electron chi connectivity index (χ0n) is 16.6. The summed E-state index contributed by atoms with van der Waals surface area (Å²) in [5, 5.41) is 8.60. The Kier molecular flexibility index (Phi) is 5.37. The number of hydrogen-bond acceptors (Lipinski definition) is 7. The zero-order chi connectivity index (χ0) is 21.3. The third-order valence-corrected chi connectivity index (χ3v) is 5.35. The van der Waals surface area contributed by atoms with Gasteiger partial charge in [0.15, 0.2) is 17.3 Å². The molecule has 0 amide bonds. The average Bonchev–Trinajstić information content (AvgIpc) is 3.19. The average molecular weight is 423 g/mol. The Bertz CT molecular complexity index is 1310. The lowest BCUT2D eigenvalue weighted by Gasteiger charge is -2.15. The Hall–Kier alpha value is -3.46. The number of aromatic nitrogens is 4. The van der Waals surface area contributed by atoms with Crippen molar-refractivity contribution in [2.45, 2.75) is 19.4 Å². The first-order chi connectivity index (χ1) is 14.5. The van der Waals surface area contributed by atoms with Crippen LogP contribution in [0.1, 0.15) is 23.3 Å². The molecule has 0 aliphatic carbocycles. The van der Waals surface area contributed by atoms with Crippen LogP contribution in [0, 0.1) is 4.77 Å². The summed E-state index contributed by atoms with van der Waals surface area (Å²) in [5.41, 5.74) is 8.31. The predicted molar refractivity (Wildman–Crippen MR) is 118 cm³/mol. The van der Waals surface area contributed by atoms with Gasteiger partial charge in [-0.05, 0) is 30.8 Å². The third kappa shape index (κ3) is 3.48. The lowest BCUT2D eigenvalue weighted by molar-refractivity contribution is 0.0975. The first kappa shape index (κ1) is 19.8. The second-order valence-electron chi connectivity index (χ2n) is 6.80. The van der Waals surface area contributed by atoms with Crippen molar-refractivity contribution in [1.29, 1.82) is 0 Å². The number of nitrogens with zero attached hydrogens (tertiary/aromatic N) is 3. The lowest BCUT2D eigenvalue weighted by Crippen LogP contribution is -2.11. The summed E-state index contributed by atoms with van der Waals surface area (Å²) in [6.45, 7) is 0.468. The fourth-order valence-corrected chi connectivity index (χ4v) is 3.77. The van der Waals surface area contributed by atoms with Crippen LogP contribution in [0.5, 0.6) is 11.5 Å². The molecule has 2 aromatic carbocycles. The lowest BCUT2D eigenvalue weighted by atomic mass is 10.1. The molecule has 2 heterocycles. The topological polar surface area (TPSA) is 108 Å². The van der Waals surface area contributed by atoms with E-state index in [0.29, 0.717) is 58.1 Å². The van der Waals surface area contributed by atoms with Gasteiger partial charge >= 0.3 is 0 Å². The van der Waals surface area contributed by atoms with Crippen molar-refractivity contribution in [1.82, 2.24) is 19.7 Å². The maximum atomic E-state index is 12.7. The van der Waals surface area contributed by atoms with Crippen LogP contribution < -0.4 is 15.2 Å². The number of benzene rings is 2. The minimum atomic E-state index is -0.0299. The Morgan fingerprint density at radius 1 is 1.17 bits per heavy atom. The molecule has 154 valence electrons. The van der Waals surface area contributed by atoms with Crippen molar-refractivity contribution in [2.24, 2.45) is 0 Å². The number of fused-ring (bicyclic) bond motifs is 2. The number of anilines is 1. The molecule has 8 nitrogen and oxygen atoms in total. The number of rotatable bonds is 7. The standard InChI is InChI=1S/C21H21N5O3S/c1-28-17-10-13-15(11-18(17)29-2)23-21(30)26(20(13)22)9-5-8-16(27)19-12-6-3-4-7-14(12)24-25-19/h3-4,6-7,10-11H,5,8-9,22H2,1-2H3,(H,24,25). The van der Waals surface area contributed by atoms with Crippen molar-refractivity contribution in [2.75, 3.05) is 20.0 Å². The predicted octanol–water partition coefficient (Wildman–Crippen LogP) is 3.90. The minimum Gasteiger partial charge on any atom is -0.493 e. The number of nitrogens with two attached hydrogens (primary N) is 1. The smallest absolute Gasteiger partial charge is 0.201 e. The van der Waals surface area contributed by atoms with Gasteiger partial charge in [0.1, 0.15) is 11.5 Å². The molecule has 9 heteroatoms. The van der Waals surface area contributed by atoms with Crippen LogP contribution in [0.3, 0.4) is 0 Å². The highest BCUT2D eigenvalue weighted by Crippen LogP contribution is 2.33. The Labute approximate surface area is 177 Å². The number of para-hydroxylation sites is 1. The van der Waals surface area contributed by atoms with Crippen LogP contribution in [0.25, 0.3) is 21.8 Å². The number of aromatic amines is 1. The number of ketones is 1. The fourth-order valence-electron chi connectivity index (χ4n) is 3.49. The molecule has 0 aliphatic rings. The van der Waals surface area contributed by atoms with Crippen LogP contribution in [-0.4, -0.2) is 39.8 Å². The Morgan fingerprint density at radius 2 is 1.90 bits per heavy atom. The summed E-state index contributed by atoms with van der Waals surface area (Å²) < 4.78 is 12.8. The highest BCUT2D eigenvalue weighted by atomic mass is 32.1. The van der Waals surface area contributed by atoms with E-state index in [9.17, 15) is 4.79 Å². The maximum Gasteiger partial charge on any atom is 0.201 e. The first-order valence-corrected chi connectivity index (χ1v) is 9.82.